The second kappa shape index (κ2) is 11.7. The number of hydrogen-bond acceptors (Lipinski definition) is 2. The Kier molecular flexibility index (Phi) is 8.98. The Morgan fingerprint density at radius 3 is 2.09 bits per heavy atom. The third-order valence-electron chi connectivity index (χ3n) is 5.58. The molecule has 0 heterocycles. The minimum atomic E-state index is -0.687. The first-order chi connectivity index (χ1) is 16.5. The van der Waals surface area contributed by atoms with Crippen LogP contribution in [-0.2, 0) is 29.0 Å². The average Bonchev–Trinajstić information content (AvgIpc) is 2.79. The molecule has 35 heavy (non-hydrogen) atoms. The maximum Gasteiger partial charge on any atom is 0.243 e. The van der Waals surface area contributed by atoms with Gasteiger partial charge in [0.05, 0.1) is 16.5 Å². The molecule has 3 aromatic rings. The summed E-state index contributed by atoms with van der Waals surface area (Å²) in [6.07, 6.45) is 0.512. The number of halogens is 2. The lowest BCUT2D eigenvalue weighted by atomic mass is 9.99. The maximum atomic E-state index is 13.8. The Labute approximate surface area is 218 Å². The molecule has 0 aliphatic rings. The number of hydrogen-bond donors (Lipinski definition) is 1. The van der Waals surface area contributed by atoms with Crippen molar-refractivity contribution in [2.24, 2.45) is 0 Å². The van der Waals surface area contributed by atoms with E-state index in [1.807, 2.05) is 82.3 Å². The first-order valence-corrected chi connectivity index (χ1v) is 12.4. The van der Waals surface area contributed by atoms with Crippen LogP contribution in [0.15, 0.2) is 72.8 Å². The number of rotatable bonds is 8. The quantitative estimate of drug-likeness (QED) is 0.381. The zero-order valence-corrected chi connectivity index (χ0v) is 22.2. The minimum absolute atomic E-state index is 0.108. The van der Waals surface area contributed by atoms with Crippen LogP contribution in [-0.4, -0.2) is 28.3 Å². The Bertz CT molecular complexity index is 1160. The van der Waals surface area contributed by atoms with E-state index in [0.29, 0.717) is 23.0 Å². The van der Waals surface area contributed by atoms with Crippen LogP contribution in [0.25, 0.3) is 0 Å². The van der Waals surface area contributed by atoms with E-state index in [4.69, 9.17) is 23.2 Å². The normalized spacial score (nSPS) is 12.2. The Morgan fingerprint density at radius 1 is 0.857 bits per heavy atom. The lowest BCUT2D eigenvalue weighted by Gasteiger charge is -2.34. The summed E-state index contributed by atoms with van der Waals surface area (Å²) >= 11 is 12.3. The van der Waals surface area contributed by atoms with E-state index in [-0.39, 0.29) is 18.2 Å². The molecule has 1 N–H and O–H groups in total. The van der Waals surface area contributed by atoms with Crippen molar-refractivity contribution in [2.75, 3.05) is 0 Å². The molecular weight excluding hydrogens is 479 g/mol. The van der Waals surface area contributed by atoms with Gasteiger partial charge in [0.2, 0.25) is 11.8 Å². The predicted molar refractivity (Wildman–Crippen MR) is 144 cm³/mol. The molecule has 3 aromatic carbocycles. The predicted octanol–water partition coefficient (Wildman–Crippen LogP) is 6.40. The molecule has 0 aliphatic carbocycles. The first kappa shape index (κ1) is 26.8. The van der Waals surface area contributed by atoms with Crippen LogP contribution in [0.4, 0.5) is 0 Å². The molecule has 0 radical (unpaired) electrons. The van der Waals surface area contributed by atoms with Crippen molar-refractivity contribution >= 4 is 35.0 Å². The number of nitrogens with one attached hydrogen (secondary N) is 1. The molecule has 0 aromatic heterocycles. The Balaban J connectivity index is 1.99. The van der Waals surface area contributed by atoms with E-state index in [2.05, 4.69) is 5.32 Å². The summed E-state index contributed by atoms with van der Waals surface area (Å²) in [7, 11) is 0. The second-order valence-electron chi connectivity index (χ2n) is 9.88. The van der Waals surface area contributed by atoms with Crippen molar-refractivity contribution in [3.05, 3.63) is 105 Å². The van der Waals surface area contributed by atoms with Crippen molar-refractivity contribution in [1.82, 2.24) is 10.2 Å². The van der Waals surface area contributed by atoms with Gasteiger partial charge in [0.1, 0.15) is 6.04 Å². The molecule has 3 rings (SSSR count). The van der Waals surface area contributed by atoms with E-state index in [1.54, 1.807) is 23.1 Å². The number of aryl methyl sites for hydroxylation is 1. The summed E-state index contributed by atoms with van der Waals surface area (Å²) < 4.78 is 0. The van der Waals surface area contributed by atoms with Crippen molar-refractivity contribution in [1.29, 1.82) is 0 Å². The summed E-state index contributed by atoms with van der Waals surface area (Å²) in [6.45, 7) is 8.15. The van der Waals surface area contributed by atoms with Gasteiger partial charge in [-0.05, 0) is 56.5 Å². The number of carbonyl (C=O) groups excluding carboxylic acids is 2. The van der Waals surface area contributed by atoms with Gasteiger partial charge in [-0.3, -0.25) is 9.59 Å². The van der Waals surface area contributed by atoms with Gasteiger partial charge in [-0.15, -0.1) is 0 Å². The third kappa shape index (κ3) is 8.12. The molecule has 0 unspecified atom stereocenters. The van der Waals surface area contributed by atoms with Crippen LogP contribution in [0.1, 0.15) is 43.0 Å². The van der Waals surface area contributed by atoms with E-state index in [1.165, 1.54) is 0 Å². The van der Waals surface area contributed by atoms with Gasteiger partial charge in [-0.2, -0.15) is 0 Å². The molecule has 0 aliphatic heterocycles. The highest BCUT2D eigenvalue weighted by molar-refractivity contribution is 6.42. The maximum absolute atomic E-state index is 13.8. The summed E-state index contributed by atoms with van der Waals surface area (Å²) in [4.78, 5) is 29.0. The molecular formula is C29H32Cl2N2O2. The zero-order chi connectivity index (χ0) is 25.6. The van der Waals surface area contributed by atoms with Gasteiger partial charge in [-0.25, -0.2) is 0 Å². The highest BCUT2D eigenvalue weighted by Gasteiger charge is 2.32. The van der Waals surface area contributed by atoms with Crippen LogP contribution in [0.5, 0.6) is 0 Å². The number of nitrogens with zero attached hydrogens (tertiary/aromatic N) is 1. The molecule has 6 heteroatoms. The lowest BCUT2D eigenvalue weighted by molar-refractivity contribution is -0.141. The van der Waals surface area contributed by atoms with Crippen LogP contribution >= 0.6 is 23.2 Å². The fourth-order valence-corrected chi connectivity index (χ4v) is 4.14. The van der Waals surface area contributed by atoms with Gasteiger partial charge < -0.3 is 10.2 Å². The van der Waals surface area contributed by atoms with Crippen molar-refractivity contribution < 1.29 is 9.59 Å². The van der Waals surface area contributed by atoms with Gasteiger partial charge in [-0.1, -0.05) is 89.4 Å². The van der Waals surface area contributed by atoms with Gasteiger partial charge in [0.15, 0.2) is 0 Å². The Hall–Kier alpha value is -2.82. The first-order valence-electron chi connectivity index (χ1n) is 11.7. The molecule has 0 spiro atoms. The Morgan fingerprint density at radius 2 is 1.49 bits per heavy atom. The molecule has 0 bridgehead atoms. The highest BCUT2D eigenvalue weighted by Crippen LogP contribution is 2.24. The molecule has 1 atom stereocenters. The monoisotopic (exact) mass is 510 g/mol. The van der Waals surface area contributed by atoms with Crippen molar-refractivity contribution in [3.63, 3.8) is 0 Å². The molecule has 4 nitrogen and oxygen atoms in total. The van der Waals surface area contributed by atoms with E-state index in [0.717, 1.165) is 22.3 Å². The van der Waals surface area contributed by atoms with Gasteiger partial charge >= 0.3 is 0 Å². The molecule has 0 saturated heterocycles. The van der Waals surface area contributed by atoms with E-state index in [9.17, 15) is 9.59 Å². The van der Waals surface area contributed by atoms with Crippen molar-refractivity contribution in [2.45, 2.75) is 58.7 Å². The fraction of sp³-hybridized carbons (Fsp3) is 0.310. The smallest absolute Gasteiger partial charge is 0.243 e. The largest absolute Gasteiger partial charge is 0.350 e. The summed E-state index contributed by atoms with van der Waals surface area (Å²) in [5, 5.41) is 3.91. The second-order valence-corrected chi connectivity index (χ2v) is 10.7. The number of carbonyl (C=O) groups is 2. The van der Waals surface area contributed by atoms with Gasteiger partial charge in [0.25, 0.3) is 0 Å². The number of amides is 2. The lowest BCUT2D eigenvalue weighted by Crippen LogP contribution is -2.54. The fourth-order valence-electron chi connectivity index (χ4n) is 3.82. The minimum Gasteiger partial charge on any atom is -0.350 e. The zero-order valence-electron chi connectivity index (χ0n) is 20.6. The number of benzene rings is 3. The van der Waals surface area contributed by atoms with Crippen molar-refractivity contribution in [3.8, 4) is 0 Å². The summed E-state index contributed by atoms with van der Waals surface area (Å²) in [6, 6.07) is 22.3. The van der Waals surface area contributed by atoms with Crippen LogP contribution in [0.3, 0.4) is 0 Å². The highest BCUT2D eigenvalue weighted by atomic mass is 35.5. The molecule has 0 fully saturated rings. The van der Waals surface area contributed by atoms with Crippen LogP contribution < -0.4 is 5.32 Å². The molecule has 0 saturated carbocycles. The van der Waals surface area contributed by atoms with Gasteiger partial charge in [0, 0.05) is 18.5 Å². The van der Waals surface area contributed by atoms with Crippen LogP contribution in [0.2, 0.25) is 10.0 Å². The molecule has 2 amide bonds. The summed E-state index contributed by atoms with van der Waals surface area (Å²) in [5.74, 6) is -0.343. The topological polar surface area (TPSA) is 49.4 Å². The standard InChI is InChI=1S/C29H32Cl2N2O2/c1-20-10-12-22(13-11-20)19-33(27(34)18-23-14-15-24(30)25(31)16-23)26(28(35)32-29(2,3)4)17-21-8-6-5-7-9-21/h5-16,26H,17-19H2,1-4H3,(H,32,35)/t26-/m1/s1. The van der Waals surface area contributed by atoms with Crippen LogP contribution in [0, 0.1) is 6.92 Å². The third-order valence-corrected chi connectivity index (χ3v) is 6.32. The SMILES string of the molecule is Cc1ccc(CN(C(=O)Cc2ccc(Cl)c(Cl)c2)[C@H](Cc2ccccc2)C(=O)NC(C)(C)C)cc1. The van der Waals surface area contributed by atoms with E-state index < -0.39 is 11.6 Å². The van der Waals surface area contributed by atoms with E-state index >= 15 is 0 Å². The molecule has 184 valence electrons. The summed E-state index contributed by atoms with van der Waals surface area (Å²) in [5.41, 5.74) is 3.38. The average molecular weight is 511 g/mol.